The lowest BCUT2D eigenvalue weighted by Crippen LogP contribution is -2.25. The van der Waals surface area contributed by atoms with Gasteiger partial charge in [-0.3, -0.25) is 4.57 Å². The van der Waals surface area contributed by atoms with Crippen molar-refractivity contribution in [2.24, 2.45) is 0 Å². The van der Waals surface area contributed by atoms with E-state index in [9.17, 15) is 22.8 Å². The van der Waals surface area contributed by atoms with E-state index in [1.807, 2.05) is 0 Å². The van der Waals surface area contributed by atoms with Crippen molar-refractivity contribution in [1.29, 1.82) is 0 Å². The quantitative estimate of drug-likeness (QED) is 0.730. The topological polar surface area (TPSA) is 52.2 Å². The molecule has 4 nitrogen and oxygen atoms in total. The van der Waals surface area contributed by atoms with E-state index in [1.165, 1.54) is 12.1 Å². The number of fused-ring (bicyclic) bond motifs is 1. The molecule has 3 aromatic rings. The average Bonchev–Trinajstić information content (AvgIpc) is 2.47. The van der Waals surface area contributed by atoms with Crippen LogP contribution in [0.5, 0.6) is 0 Å². The van der Waals surface area contributed by atoms with Crippen LogP contribution in [0.2, 0.25) is 0 Å². The van der Waals surface area contributed by atoms with Gasteiger partial charge in [0.1, 0.15) is 5.82 Å². The molecule has 0 radical (unpaired) electrons. The van der Waals surface area contributed by atoms with Crippen molar-refractivity contribution in [2.75, 3.05) is 0 Å². The minimum Gasteiger partial charge on any atom is -0.372 e. The molecule has 0 saturated heterocycles. The lowest BCUT2D eigenvalue weighted by Gasteiger charge is -2.09. The minimum absolute atomic E-state index is 0.109. The van der Waals surface area contributed by atoms with Gasteiger partial charge in [0, 0.05) is 0 Å². The first kappa shape index (κ1) is 14.1. The summed E-state index contributed by atoms with van der Waals surface area (Å²) in [5.74, 6) is -3.69. The molecule has 0 fully saturated rings. The van der Waals surface area contributed by atoms with Gasteiger partial charge in [-0.2, -0.15) is 0 Å². The molecule has 0 atom stereocenters. The molecule has 0 aliphatic rings. The molecule has 2 aromatic carbocycles. The monoisotopic (exact) mass is 307 g/mol. The molecule has 3 rings (SSSR count). The normalized spacial score (nSPS) is 11.0. The summed E-state index contributed by atoms with van der Waals surface area (Å²) in [5.41, 5.74) is -0.520. The Labute approximate surface area is 121 Å². The fourth-order valence-electron chi connectivity index (χ4n) is 2.17. The Bertz CT molecular complexity index is 991. The van der Waals surface area contributed by atoms with Gasteiger partial charge in [-0.1, -0.05) is 6.07 Å². The maximum absolute atomic E-state index is 13.2. The number of benzene rings is 2. The van der Waals surface area contributed by atoms with E-state index in [1.54, 1.807) is 0 Å². The highest BCUT2D eigenvalue weighted by molar-refractivity contribution is 5.77. The summed E-state index contributed by atoms with van der Waals surface area (Å²) in [4.78, 5) is 23.4. The highest BCUT2D eigenvalue weighted by atomic mass is 19.2. The second-order valence-electron chi connectivity index (χ2n) is 4.65. The van der Waals surface area contributed by atoms with Crippen LogP contribution in [0.25, 0.3) is 10.9 Å². The molecule has 0 amide bonds. The molecule has 1 heterocycles. The van der Waals surface area contributed by atoms with E-state index in [2.05, 4.69) is 4.42 Å². The molecule has 22 heavy (non-hydrogen) atoms. The molecule has 0 aliphatic heterocycles. The molecule has 0 N–H and O–H groups in total. The molecular formula is C15H8F3NO3. The fraction of sp³-hybridized carbons (Fsp3) is 0.0667. The third-order valence-electron chi connectivity index (χ3n) is 3.19. The summed E-state index contributed by atoms with van der Waals surface area (Å²) < 4.78 is 44.9. The highest BCUT2D eigenvalue weighted by Crippen LogP contribution is 2.14. The van der Waals surface area contributed by atoms with E-state index in [4.69, 9.17) is 0 Å². The lowest BCUT2D eigenvalue weighted by molar-refractivity contribution is 0.423. The third kappa shape index (κ3) is 2.41. The number of nitrogens with zero attached hydrogens (tertiary/aromatic N) is 1. The Balaban J connectivity index is 2.20. The molecule has 7 heteroatoms. The predicted molar refractivity (Wildman–Crippen MR) is 72.2 cm³/mol. The molecule has 0 bridgehead atoms. The third-order valence-corrected chi connectivity index (χ3v) is 3.19. The molecule has 112 valence electrons. The number of aromatic nitrogens is 1. The number of rotatable bonds is 2. The fourth-order valence-corrected chi connectivity index (χ4v) is 2.17. The number of hydrogen-bond acceptors (Lipinski definition) is 3. The molecule has 0 aliphatic carbocycles. The van der Waals surface area contributed by atoms with E-state index >= 15 is 0 Å². The van der Waals surface area contributed by atoms with Crippen LogP contribution < -0.4 is 11.4 Å². The first-order valence-electron chi connectivity index (χ1n) is 6.23. The molecule has 0 unspecified atom stereocenters. The van der Waals surface area contributed by atoms with Gasteiger partial charge < -0.3 is 4.42 Å². The van der Waals surface area contributed by atoms with Crippen LogP contribution in [0.15, 0.2) is 50.4 Å². The van der Waals surface area contributed by atoms with Crippen LogP contribution in [0.4, 0.5) is 13.2 Å². The highest BCUT2D eigenvalue weighted by Gasteiger charge is 2.12. The second kappa shape index (κ2) is 5.18. The zero-order valence-electron chi connectivity index (χ0n) is 11.0. The molecular weight excluding hydrogens is 299 g/mol. The van der Waals surface area contributed by atoms with Crippen molar-refractivity contribution >= 4 is 10.9 Å². The van der Waals surface area contributed by atoms with Crippen LogP contribution in [0.3, 0.4) is 0 Å². The SMILES string of the molecule is O=c1oc(=O)n(Cc2ccc(F)c(F)c2)c2ccc(F)cc12. The van der Waals surface area contributed by atoms with Gasteiger partial charge in [-0.15, -0.1) is 0 Å². The van der Waals surface area contributed by atoms with Crippen molar-refractivity contribution in [3.8, 4) is 0 Å². The van der Waals surface area contributed by atoms with Crippen LogP contribution in [0, 0.1) is 17.5 Å². The van der Waals surface area contributed by atoms with Gasteiger partial charge in [0.15, 0.2) is 11.6 Å². The first-order chi connectivity index (χ1) is 10.5. The maximum Gasteiger partial charge on any atom is 0.422 e. The van der Waals surface area contributed by atoms with E-state index < -0.39 is 28.8 Å². The standard InChI is InChI=1S/C15H8F3NO3/c16-9-2-4-13-10(6-9)14(20)22-15(21)19(13)7-8-1-3-11(17)12(18)5-8/h1-6H,7H2. The van der Waals surface area contributed by atoms with Crippen molar-refractivity contribution in [1.82, 2.24) is 4.57 Å². The molecule has 1 aromatic heterocycles. The van der Waals surface area contributed by atoms with Crippen LogP contribution in [-0.4, -0.2) is 4.57 Å². The van der Waals surface area contributed by atoms with Gasteiger partial charge >= 0.3 is 11.4 Å². The zero-order valence-corrected chi connectivity index (χ0v) is 11.0. The van der Waals surface area contributed by atoms with Crippen molar-refractivity contribution in [2.45, 2.75) is 6.54 Å². The van der Waals surface area contributed by atoms with E-state index in [0.717, 1.165) is 28.8 Å². The summed E-state index contributed by atoms with van der Waals surface area (Å²) in [7, 11) is 0. The largest absolute Gasteiger partial charge is 0.422 e. The number of halogens is 3. The van der Waals surface area contributed by atoms with Gasteiger partial charge in [-0.25, -0.2) is 22.8 Å². The summed E-state index contributed by atoms with van der Waals surface area (Å²) in [5, 5.41) is -0.109. The van der Waals surface area contributed by atoms with Crippen molar-refractivity contribution < 1.29 is 17.6 Å². The lowest BCUT2D eigenvalue weighted by atomic mass is 10.2. The first-order valence-corrected chi connectivity index (χ1v) is 6.23. The molecule has 0 spiro atoms. The van der Waals surface area contributed by atoms with Gasteiger partial charge in [-0.05, 0) is 35.9 Å². The van der Waals surface area contributed by atoms with Crippen LogP contribution in [-0.2, 0) is 6.54 Å². The summed E-state index contributed by atoms with van der Waals surface area (Å²) >= 11 is 0. The van der Waals surface area contributed by atoms with E-state index in [-0.39, 0.29) is 17.4 Å². The maximum atomic E-state index is 13.2. The van der Waals surface area contributed by atoms with Crippen molar-refractivity contribution in [3.63, 3.8) is 0 Å². The van der Waals surface area contributed by atoms with Gasteiger partial charge in [0.25, 0.3) is 0 Å². The zero-order chi connectivity index (χ0) is 15.9. The summed E-state index contributed by atoms with van der Waals surface area (Å²) in [6, 6.07) is 6.44. The summed E-state index contributed by atoms with van der Waals surface area (Å²) in [6.45, 7) is -0.151. The van der Waals surface area contributed by atoms with Gasteiger partial charge in [0.05, 0.1) is 17.4 Å². The average molecular weight is 307 g/mol. The Morgan fingerprint density at radius 1 is 0.955 bits per heavy atom. The minimum atomic E-state index is -1.06. The Morgan fingerprint density at radius 3 is 2.45 bits per heavy atom. The van der Waals surface area contributed by atoms with Crippen LogP contribution in [0.1, 0.15) is 5.56 Å². The summed E-state index contributed by atoms with van der Waals surface area (Å²) in [6.07, 6.45) is 0. The smallest absolute Gasteiger partial charge is 0.372 e. The van der Waals surface area contributed by atoms with Crippen molar-refractivity contribution in [3.05, 3.63) is 80.4 Å². The van der Waals surface area contributed by atoms with Crippen LogP contribution >= 0.6 is 0 Å². The molecule has 0 saturated carbocycles. The number of hydrogen-bond donors (Lipinski definition) is 0. The Hall–Kier alpha value is -2.83. The van der Waals surface area contributed by atoms with Gasteiger partial charge in [0.2, 0.25) is 0 Å². The predicted octanol–water partition coefficient (Wildman–Crippen LogP) is 2.42. The second-order valence-corrected chi connectivity index (χ2v) is 4.65. The Morgan fingerprint density at radius 2 is 1.73 bits per heavy atom. The van der Waals surface area contributed by atoms with E-state index in [0.29, 0.717) is 5.56 Å². The Kier molecular flexibility index (Phi) is 3.32.